The second-order valence-electron chi connectivity index (χ2n) is 2.90. The Labute approximate surface area is 91.4 Å². The first kappa shape index (κ1) is 9.65. The van der Waals surface area contributed by atoms with E-state index in [4.69, 9.17) is 11.6 Å². The van der Waals surface area contributed by atoms with Crippen molar-refractivity contribution in [1.82, 2.24) is 4.98 Å². The summed E-state index contributed by atoms with van der Waals surface area (Å²) in [5, 5.41) is 3.82. The highest BCUT2D eigenvalue weighted by Crippen LogP contribution is 2.24. The van der Waals surface area contributed by atoms with E-state index < -0.39 is 0 Å². The lowest BCUT2D eigenvalue weighted by molar-refractivity contribution is -0.387. The molecule has 2 aromatic rings. The van der Waals surface area contributed by atoms with E-state index in [1.54, 1.807) is 11.3 Å². The second kappa shape index (κ2) is 4.09. The third-order valence-corrected chi connectivity index (χ3v) is 3.09. The van der Waals surface area contributed by atoms with Gasteiger partial charge in [-0.15, -0.1) is 11.3 Å². The fourth-order valence-electron chi connectivity index (χ4n) is 1.15. The molecule has 0 bridgehead atoms. The van der Waals surface area contributed by atoms with Crippen LogP contribution in [0.15, 0.2) is 29.6 Å². The fraction of sp³-hybridized carbons (Fsp3) is 0.100. The minimum absolute atomic E-state index is 0.740. The van der Waals surface area contributed by atoms with Crippen molar-refractivity contribution in [3.8, 4) is 10.6 Å². The van der Waals surface area contributed by atoms with Crippen molar-refractivity contribution in [1.29, 1.82) is 0 Å². The summed E-state index contributed by atoms with van der Waals surface area (Å²) < 4.78 is 0. The first-order chi connectivity index (χ1) is 6.79. The predicted molar refractivity (Wildman–Crippen MR) is 59.2 cm³/mol. The van der Waals surface area contributed by atoms with Crippen LogP contribution in [-0.4, -0.2) is 4.98 Å². The van der Waals surface area contributed by atoms with Gasteiger partial charge >= 0.3 is 0 Å². The van der Waals surface area contributed by atoms with Crippen LogP contribution in [-0.2, 0) is 6.54 Å². The van der Waals surface area contributed by atoms with Crippen molar-refractivity contribution in [2.24, 2.45) is 0 Å². The molecule has 72 valence electrons. The van der Waals surface area contributed by atoms with E-state index in [9.17, 15) is 0 Å². The van der Waals surface area contributed by atoms with Crippen LogP contribution in [0.2, 0.25) is 5.02 Å². The molecule has 0 spiro atoms. The van der Waals surface area contributed by atoms with E-state index in [0.29, 0.717) is 0 Å². The maximum atomic E-state index is 5.80. The fourth-order valence-corrected chi connectivity index (χ4v) is 2.13. The summed E-state index contributed by atoms with van der Waals surface area (Å²) in [5.41, 5.74) is 5.95. The normalized spacial score (nSPS) is 10.4. The van der Waals surface area contributed by atoms with Gasteiger partial charge in [0.15, 0.2) is 0 Å². The summed E-state index contributed by atoms with van der Waals surface area (Å²) in [4.78, 5) is 4.44. The molecular formula is C10H10ClN2S+. The summed E-state index contributed by atoms with van der Waals surface area (Å²) in [5.74, 6) is 0. The van der Waals surface area contributed by atoms with Crippen molar-refractivity contribution in [3.63, 3.8) is 0 Å². The molecular weight excluding hydrogens is 216 g/mol. The molecule has 1 aromatic heterocycles. The van der Waals surface area contributed by atoms with Crippen LogP contribution in [0.5, 0.6) is 0 Å². The maximum absolute atomic E-state index is 5.80. The van der Waals surface area contributed by atoms with Crippen LogP contribution in [0, 0.1) is 0 Å². The summed E-state index contributed by atoms with van der Waals surface area (Å²) in [7, 11) is 0. The van der Waals surface area contributed by atoms with E-state index in [0.717, 1.165) is 27.8 Å². The van der Waals surface area contributed by atoms with Gasteiger partial charge in [-0.25, -0.2) is 4.98 Å². The molecule has 0 aliphatic carbocycles. The Morgan fingerprint density at radius 3 is 2.57 bits per heavy atom. The Morgan fingerprint density at radius 2 is 2.00 bits per heavy atom. The number of rotatable bonds is 2. The van der Waals surface area contributed by atoms with Gasteiger partial charge in [0.1, 0.15) is 17.2 Å². The van der Waals surface area contributed by atoms with E-state index in [2.05, 4.69) is 10.7 Å². The van der Waals surface area contributed by atoms with Gasteiger partial charge in [0, 0.05) is 16.0 Å². The highest BCUT2D eigenvalue weighted by molar-refractivity contribution is 7.13. The SMILES string of the molecule is [NH3+]Cc1csc(-c2ccc(Cl)cc2)n1. The van der Waals surface area contributed by atoms with Crippen LogP contribution in [0.25, 0.3) is 10.6 Å². The lowest BCUT2D eigenvalue weighted by Crippen LogP contribution is -2.47. The van der Waals surface area contributed by atoms with E-state index in [1.807, 2.05) is 29.6 Å². The van der Waals surface area contributed by atoms with Gasteiger partial charge in [0.25, 0.3) is 0 Å². The number of quaternary nitrogens is 1. The Balaban J connectivity index is 2.34. The Hall–Kier alpha value is -0.900. The third-order valence-electron chi connectivity index (χ3n) is 1.90. The standard InChI is InChI=1S/C10H9ClN2S/c11-8-3-1-7(2-4-8)10-13-9(5-12)6-14-10/h1-4,6H,5,12H2/p+1. The summed E-state index contributed by atoms with van der Waals surface area (Å²) in [6, 6.07) is 7.71. The monoisotopic (exact) mass is 225 g/mol. The quantitative estimate of drug-likeness (QED) is 0.837. The maximum Gasteiger partial charge on any atom is 0.123 e. The lowest BCUT2D eigenvalue weighted by atomic mass is 10.2. The minimum atomic E-state index is 0.740. The smallest absolute Gasteiger partial charge is 0.123 e. The van der Waals surface area contributed by atoms with Gasteiger partial charge in [-0.3, -0.25) is 0 Å². The molecule has 14 heavy (non-hydrogen) atoms. The molecule has 1 aromatic carbocycles. The van der Waals surface area contributed by atoms with Crippen molar-refractivity contribution < 1.29 is 5.73 Å². The van der Waals surface area contributed by atoms with Crippen LogP contribution >= 0.6 is 22.9 Å². The van der Waals surface area contributed by atoms with Crippen molar-refractivity contribution in [3.05, 3.63) is 40.4 Å². The Bertz CT molecular complexity index is 422. The summed E-state index contributed by atoms with van der Waals surface area (Å²) >= 11 is 7.44. The number of hydrogen-bond donors (Lipinski definition) is 1. The average Bonchev–Trinajstić information content (AvgIpc) is 2.67. The first-order valence-electron chi connectivity index (χ1n) is 4.29. The Morgan fingerprint density at radius 1 is 1.29 bits per heavy atom. The van der Waals surface area contributed by atoms with E-state index in [-0.39, 0.29) is 0 Å². The number of benzene rings is 1. The van der Waals surface area contributed by atoms with Gasteiger partial charge < -0.3 is 5.73 Å². The Kier molecular flexibility index (Phi) is 2.82. The number of aromatic nitrogens is 1. The zero-order valence-electron chi connectivity index (χ0n) is 7.53. The summed E-state index contributed by atoms with van der Waals surface area (Å²) in [6.07, 6.45) is 0. The molecule has 4 heteroatoms. The zero-order valence-corrected chi connectivity index (χ0v) is 9.11. The highest BCUT2D eigenvalue weighted by Gasteiger charge is 2.03. The third kappa shape index (κ3) is 1.95. The molecule has 0 atom stereocenters. The van der Waals surface area contributed by atoms with Crippen molar-refractivity contribution >= 4 is 22.9 Å². The largest absolute Gasteiger partial charge is 0.353 e. The molecule has 0 radical (unpaired) electrons. The van der Waals surface area contributed by atoms with Crippen LogP contribution in [0.4, 0.5) is 0 Å². The number of nitrogens with zero attached hydrogens (tertiary/aromatic N) is 1. The lowest BCUT2D eigenvalue weighted by Gasteiger charge is -1.95. The molecule has 0 saturated heterocycles. The topological polar surface area (TPSA) is 40.5 Å². The molecule has 3 N–H and O–H groups in total. The van der Waals surface area contributed by atoms with Crippen LogP contribution in [0.1, 0.15) is 5.69 Å². The second-order valence-corrected chi connectivity index (χ2v) is 4.20. The first-order valence-corrected chi connectivity index (χ1v) is 5.55. The van der Waals surface area contributed by atoms with Gasteiger partial charge in [-0.2, -0.15) is 0 Å². The van der Waals surface area contributed by atoms with Crippen molar-refractivity contribution in [2.45, 2.75) is 6.54 Å². The van der Waals surface area contributed by atoms with Gasteiger partial charge in [0.05, 0.1) is 0 Å². The van der Waals surface area contributed by atoms with Gasteiger partial charge in [-0.05, 0) is 12.1 Å². The van der Waals surface area contributed by atoms with Gasteiger partial charge in [-0.1, -0.05) is 23.7 Å². The predicted octanol–water partition coefficient (Wildman–Crippen LogP) is 2.21. The summed E-state index contributed by atoms with van der Waals surface area (Å²) in [6.45, 7) is 0.740. The van der Waals surface area contributed by atoms with Crippen LogP contribution < -0.4 is 5.73 Å². The molecule has 0 aliphatic heterocycles. The number of halogens is 1. The molecule has 0 aliphatic rings. The molecule has 1 heterocycles. The molecule has 0 fully saturated rings. The molecule has 0 amide bonds. The van der Waals surface area contributed by atoms with E-state index >= 15 is 0 Å². The molecule has 0 saturated carbocycles. The molecule has 2 nitrogen and oxygen atoms in total. The average molecular weight is 226 g/mol. The zero-order chi connectivity index (χ0) is 9.97. The molecule has 2 rings (SSSR count). The minimum Gasteiger partial charge on any atom is -0.353 e. The number of hydrogen-bond acceptors (Lipinski definition) is 2. The van der Waals surface area contributed by atoms with Crippen LogP contribution in [0.3, 0.4) is 0 Å². The van der Waals surface area contributed by atoms with E-state index in [1.165, 1.54) is 0 Å². The highest BCUT2D eigenvalue weighted by atomic mass is 35.5. The van der Waals surface area contributed by atoms with Gasteiger partial charge in [0.2, 0.25) is 0 Å². The van der Waals surface area contributed by atoms with Crippen molar-refractivity contribution in [2.75, 3.05) is 0 Å². The molecule has 0 unspecified atom stereocenters. The number of thiazole rings is 1.